The maximum Gasteiger partial charge on any atom is 0.128 e. The number of nitrogens with zero attached hydrogens (tertiary/aromatic N) is 2. The van der Waals surface area contributed by atoms with Gasteiger partial charge in [0.05, 0.1) is 12.1 Å². The molecule has 4 aromatic rings. The van der Waals surface area contributed by atoms with Crippen LogP contribution in [0.3, 0.4) is 0 Å². The first-order valence-corrected chi connectivity index (χ1v) is 18.3. The van der Waals surface area contributed by atoms with Gasteiger partial charge in [0.2, 0.25) is 0 Å². The molecule has 279 valence electrons. The zero-order valence-electron chi connectivity index (χ0n) is 32.8. The van der Waals surface area contributed by atoms with Gasteiger partial charge in [0.15, 0.2) is 0 Å². The SMILES string of the molecule is CC(C)(C)c1cc(C=N[C@@H]2CCCC[C@H]2N=Cc2cc(C(C)(C)C)cc(C(C)(C)c3ccccc3)c2O)c(O)c(C(C)(C)c2ccccc2)c1.[Cl-].[Mn]. The molecule has 0 heterocycles. The molecule has 1 aliphatic carbocycles. The van der Waals surface area contributed by atoms with Gasteiger partial charge in [-0.3, -0.25) is 9.98 Å². The summed E-state index contributed by atoms with van der Waals surface area (Å²) in [5.41, 5.74) is 6.92. The standard InChI is InChI=1S/C46H58N2O2.ClH.Mn/c1-43(2,3)35-25-31(41(49)37(27-35)45(7,8)33-19-13-11-14-20-33)29-47-39-23-17-18-24-40(39)48-30-32-26-36(44(4,5)6)28-38(42(32)50)46(9,10)34-21-15-12-16-22-34;;/h11-16,19-22,25-30,39-40,49-50H,17-18,23-24H2,1-10H3;1H;/p-1/t39-,40-;;/m1../s1. The van der Waals surface area contributed by atoms with E-state index >= 15 is 0 Å². The van der Waals surface area contributed by atoms with E-state index in [0.29, 0.717) is 0 Å². The van der Waals surface area contributed by atoms with E-state index in [4.69, 9.17) is 9.98 Å². The Labute approximate surface area is 330 Å². The van der Waals surface area contributed by atoms with Crippen molar-refractivity contribution in [3.05, 3.63) is 129 Å². The quantitative estimate of drug-likeness (QED) is 0.141. The van der Waals surface area contributed by atoms with Crippen molar-refractivity contribution in [3.63, 3.8) is 0 Å². The van der Waals surface area contributed by atoms with Gasteiger partial charge < -0.3 is 22.6 Å². The summed E-state index contributed by atoms with van der Waals surface area (Å²) >= 11 is 0. The molecule has 0 amide bonds. The summed E-state index contributed by atoms with van der Waals surface area (Å²) in [7, 11) is 0. The summed E-state index contributed by atoms with van der Waals surface area (Å²) in [5.74, 6) is 0.563. The Bertz CT molecular complexity index is 1710. The molecule has 52 heavy (non-hydrogen) atoms. The molecule has 4 nitrogen and oxygen atoms in total. The number of aromatic hydroxyl groups is 2. The molecule has 0 aliphatic heterocycles. The number of benzene rings is 4. The van der Waals surface area contributed by atoms with Gasteiger partial charge >= 0.3 is 0 Å². The first-order chi connectivity index (χ1) is 23.4. The van der Waals surface area contributed by atoms with Gasteiger partial charge in [0.1, 0.15) is 11.5 Å². The fraction of sp³-hybridized carbons (Fsp3) is 0.435. The topological polar surface area (TPSA) is 65.2 Å². The summed E-state index contributed by atoms with van der Waals surface area (Å²) in [5, 5.41) is 23.5. The third kappa shape index (κ3) is 9.40. The fourth-order valence-electron chi connectivity index (χ4n) is 7.14. The summed E-state index contributed by atoms with van der Waals surface area (Å²) in [6.07, 6.45) is 7.81. The van der Waals surface area contributed by atoms with Crippen LogP contribution in [0, 0.1) is 0 Å². The van der Waals surface area contributed by atoms with Crippen molar-refractivity contribution in [2.24, 2.45) is 9.98 Å². The molecule has 1 fully saturated rings. The van der Waals surface area contributed by atoms with Crippen LogP contribution in [-0.4, -0.2) is 34.7 Å². The Morgan fingerprint density at radius 2 is 0.846 bits per heavy atom. The van der Waals surface area contributed by atoms with E-state index < -0.39 is 10.8 Å². The van der Waals surface area contributed by atoms with Crippen LogP contribution >= 0.6 is 0 Å². The fourth-order valence-corrected chi connectivity index (χ4v) is 7.14. The van der Waals surface area contributed by atoms with Crippen molar-refractivity contribution < 1.29 is 39.7 Å². The molecular formula is C46H58ClMnN2O2-. The number of phenols is 2. The molecule has 0 aromatic heterocycles. The van der Waals surface area contributed by atoms with Gasteiger partial charge in [-0.15, -0.1) is 0 Å². The van der Waals surface area contributed by atoms with E-state index in [2.05, 4.69) is 142 Å². The third-order valence-electron chi connectivity index (χ3n) is 10.9. The zero-order valence-corrected chi connectivity index (χ0v) is 34.7. The number of halogens is 1. The first-order valence-electron chi connectivity index (χ1n) is 18.3. The van der Waals surface area contributed by atoms with E-state index in [1.165, 1.54) is 0 Å². The molecular weight excluding hydrogens is 703 g/mol. The zero-order chi connectivity index (χ0) is 36.5. The molecule has 1 radical (unpaired) electrons. The van der Waals surface area contributed by atoms with E-state index in [0.717, 1.165) is 70.2 Å². The second-order valence-corrected chi connectivity index (χ2v) is 17.4. The Balaban J connectivity index is 0.00000364. The molecule has 1 aliphatic rings. The van der Waals surface area contributed by atoms with Crippen LogP contribution in [0.1, 0.15) is 139 Å². The predicted molar refractivity (Wildman–Crippen MR) is 212 cm³/mol. The summed E-state index contributed by atoms with van der Waals surface area (Å²) in [6.45, 7) is 22.0. The van der Waals surface area contributed by atoms with E-state index in [1.807, 2.05) is 24.6 Å². The van der Waals surface area contributed by atoms with Crippen LogP contribution in [-0.2, 0) is 38.7 Å². The van der Waals surface area contributed by atoms with Crippen LogP contribution in [0.2, 0.25) is 0 Å². The van der Waals surface area contributed by atoms with Crippen LogP contribution in [0.5, 0.6) is 11.5 Å². The van der Waals surface area contributed by atoms with Crippen LogP contribution in [0.15, 0.2) is 94.9 Å². The average Bonchev–Trinajstić information content (AvgIpc) is 3.07. The number of aliphatic imine (C=N–C) groups is 2. The Hall–Kier alpha value is -3.37. The molecule has 6 heteroatoms. The van der Waals surface area contributed by atoms with Crippen LogP contribution < -0.4 is 12.4 Å². The smallest absolute Gasteiger partial charge is 0.128 e. The molecule has 1 saturated carbocycles. The van der Waals surface area contributed by atoms with Gasteiger partial charge in [-0.25, -0.2) is 0 Å². The molecule has 0 spiro atoms. The summed E-state index contributed by atoms with van der Waals surface area (Å²) < 4.78 is 0. The summed E-state index contributed by atoms with van der Waals surface area (Å²) in [4.78, 5) is 10.3. The van der Waals surface area contributed by atoms with Gasteiger partial charge in [0, 0.05) is 62.6 Å². The molecule has 0 bridgehead atoms. The van der Waals surface area contributed by atoms with E-state index in [9.17, 15) is 10.2 Å². The molecule has 0 unspecified atom stereocenters. The molecule has 2 atom stereocenters. The van der Waals surface area contributed by atoms with Gasteiger partial charge in [-0.1, -0.05) is 155 Å². The largest absolute Gasteiger partial charge is 1.00 e. The Morgan fingerprint density at radius 3 is 1.15 bits per heavy atom. The second-order valence-electron chi connectivity index (χ2n) is 17.4. The van der Waals surface area contributed by atoms with Crippen molar-refractivity contribution in [1.29, 1.82) is 0 Å². The van der Waals surface area contributed by atoms with Crippen LogP contribution in [0.4, 0.5) is 0 Å². The van der Waals surface area contributed by atoms with E-state index in [-0.39, 0.29) is 63.9 Å². The van der Waals surface area contributed by atoms with Crippen molar-refractivity contribution in [3.8, 4) is 11.5 Å². The normalized spacial score (nSPS) is 17.2. The van der Waals surface area contributed by atoms with Gasteiger partial charge in [-0.2, -0.15) is 0 Å². The van der Waals surface area contributed by atoms with Gasteiger partial charge in [-0.05, 0) is 58.1 Å². The maximum atomic E-state index is 11.8. The molecule has 2 N–H and O–H groups in total. The Morgan fingerprint density at radius 1 is 0.519 bits per heavy atom. The number of rotatable bonds is 8. The van der Waals surface area contributed by atoms with Crippen LogP contribution in [0.25, 0.3) is 0 Å². The number of hydrogen-bond acceptors (Lipinski definition) is 4. The minimum absolute atomic E-state index is 0. The average molecular weight is 761 g/mol. The predicted octanol–water partition coefficient (Wildman–Crippen LogP) is 8.20. The second kappa shape index (κ2) is 16.8. The third-order valence-corrected chi connectivity index (χ3v) is 10.9. The molecule has 4 aromatic carbocycles. The number of phenolic OH excluding ortho intramolecular Hbond substituents is 2. The minimum atomic E-state index is -0.398. The van der Waals surface area contributed by atoms with Crippen molar-refractivity contribution in [1.82, 2.24) is 0 Å². The van der Waals surface area contributed by atoms with Gasteiger partial charge in [0.25, 0.3) is 0 Å². The molecule has 0 saturated heterocycles. The van der Waals surface area contributed by atoms with Crippen molar-refractivity contribution >= 4 is 12.4 Å². The van der Waals surface area contributed by atoms with Crippen molar-refractivity contribution in [2.75, 3.05) is 0 Å². The summed E-state index contributed by atoms with van der Waals surface area (Å²) in [6, 6.07) is 29.3. The Kier molecular flexibility index (Phi) is 13.9. The first kappa shape index (κ1) is 43.0. The molecule has 5 rings (SSSR count). The minimum Gasteiger partial charge on any atom is -1.00 e. The maximum absolute atomic E-state index is 11.8. The van der Waals surface area contributed by atoms with E-state index in [1.54, 1.807) is 0 Å². The van der Waals surface area contributed by atoms with Crippen molar-refractivity contribution in [2.45, 2.75) is 129 Å². The monoisotopic (exact) mass is 760 g/mol. The number of hydrogen-bond donors (Lipinski definition) is 2.